The van der Waals surface area contributed by atoms with E-state index in [0.717, 1.165) is 18.2 Å². The van der Waals surface area contributed by atoms with Gasteiger partial charge in [0.05, 0.1) is 6.04 Å². The largest absolute Gasteiger partial charge is 0.573 e. The third-order valence-electron chi connectivity index (χ3n) is 2.72. The summed E-state index contributed by atoms with van der Waals surface area (Å²) in [7, 11) is 0. The summed E-state index contributed by atoms with van der Waals surface area (Å²) in [4.78, 5) is 0. The molecule has 8 heteroatoms. The van der Waals surface area contributed by atoms with Gasteiger partial charge in [-0.25, -0.2) is 4.39 Å². The van der Waals surface area contributed by atoms with Crippen molar-refractivity contribution in [3.63, 3.8) is 0 Å². The molecule has 0 aromatic heterocycles. The van der Waals surface area contributed by atoms with E-state index in [-0.39, 0.29) is 23.2 Å². The maximum Gasteiger partial charge on any atom is 0.573 e. The highest BCUT2D eigenvalue weighted by molar-refractivity contribution is 6.30. The van der Waals surface area contributed by atoms with Gasteiger partial charge in [0, 0.05) is 5.02 Å². The number of alkyl halides is 3. The number of nitrogens with two attached hydrogens (primary N) is 1. The Morgan fingerprint density at radius 3 is 2.09 bits per heavy atom. The van der Waals surface area contributed by atoms with Gasteiger partial charge < -0.3 is 10.5 Å². The summed E-state index contributed by atoms with van der Waals surface area (Å²) in [5.74, 6) is -0.888. The van der Waals surface area contributed by atoms with E-state index in [1.54, 1.807) is 0 Å². The normalized spacial score (nSPS) is 12.5. The molecule has 22 heavy (non-hydrogen) atoms. The van der Waals surface area contributed by atoms with Crippen molar-refractivity contribution in [1.29, 1.82) is 0 Å². The van der Waals surface area contributed by atoms with Crippen LogP contribution in [-0.4, -0.2) is 6.36 Å². The molecule has 2 aromatic rings. The summed E-state index contributed by atoms with van der Waals surface area (Å²) in [6.07, 6.45) is -4.75. The van der Waals surface area contributed by atoms with Crippen LogP contribution in [-0.2, 0) is 0 Å². The van der Waals surface area contributed by atoms with E-state index >= 15 is 0 Å². The lowest BCUT2D eigenvalue weighted by Crippen LogP contribution is -2.17. The number of hydrogen-bond acceptors (Lipinski definition) is 2. The van der Waals surface area contributed by atoms with Gasteiger partial charge in [-0.1, -0.05) is 23.7 Å². The minimum atomic E-state index is -4.75. The van der Waals surface area contributed by atoms with Gasteiger partial charge >= 0.3 is 6.36 Å². The standard InChI is InChI=1S/C14H10ClF4NO.ClH/c15-10-5-9(6-11(16)7-10)13(20)8-1-3-12(4-2-8)21-14(17,18)19;/h1-7,13H,20H2;1H/t13-;/m0./s1. The van der Waals surface area contributed by atoms with Crippen molar-refractivity contribution in [2.24, 2.45) is 5.73 Å². The van der Waals surface area contributed by atoms with E-state index in [4.69, 9.17) is 17.3 Å². The van der Waals surface area contributed by atoms with Gasteiger partial charge in [-0.2, -0.15) is 0 Å². The molecule has 0 saturated carbocycles. The molecule has 2 rings (SSSR count). The second kappa shape index (κ2) is 7.17. The summed E-state index contributed by atoms with van der Waals surface area (Å²) in [5, 5.41) is 0.192. The molecular weight excluding hydrogens is 345 g/mol. The Bertz CT molecular complexity index is 611. The molecule has 0 bridgehead atoms. The summed E-state index contributed by atoms with van der Waals surface area (Å²) in [6, 6.07) is 8.19. The van der Waals surface area contributed by atoms with Gasteiger partial charge in [0.2, 0.25) is 0 Å². The van der Waals surface area contributed by atoms with Crippen LogP contribution in [0.4, 0.5) is 17.6 Å². The minimum absolute atomic E-state index is 0. The molecule has 0 aliphatic rings. The number of rotatable bonds is 3. The number of ether oxygens (including phenoxy) is 1. The summed E-state index contributed by atoms with van der Waals surface area (Å²) < 4.78 is 53.2. The summed E-state index contributed by atoms with van der Waals surface area (Å²) in [5.41, 5.74) is 6.87. The maximum absolute atomic E-state index is 13.3. The lowest BCUT2D eigenvalue weighted by atomic mass is 9.99. The van der Waals surface area contributed by atoms with Crippen LogP contribution in [0.1, 0.15) is 17.2 Å². The van der Waals surface area contributed by atoms with Crippen LogP contribution < -0.4 is 10.5 Å². The second-order valence-electron chi connectivity index (χ2n) is 4.30. The summed E-state index contributed by atoms with van der Waals surface area (Å²) >= 11 is 5.74. The lowest BCUT2D eigenvalue weighted by Gasteiger charge is -2.14. The smallest absolute Gasteiger partial charge is 0.406 e. The third kappa shape index (κ3) is 5.05. The van der Waals surface area contributed by atoms with E-state index in [2.05, 4.69) is 4.74 Å². The van der Waals surface area contributed by atoms with Crippen LogP contribution in [0.5, 0.6) is 5.75 Å². The highest BCUT2D eigenvalue weighted by atomic mass is 35.5. The molecule has 120 valence electrons. The topological polar surface area (TPSA) is 35.2 Å². The Balaban J connectivity index is 0.00000242. The SMILES string of the molecule is Cl.N[C@@H](c1ccc(OC(F)(F)F)cc1)c1cc(F)cc(Cl)c1. The predicted molar refractivity (Wildman–Crippen MR) is 77.8 cm³/mol. The minimum Gasteiger partial charge on any atom is -0.406 e. The molecule has 0 aliphatic carbocycles. The Hall–Kier alpha value is -1.50. The zero-order chi connectivity index (χ0) is 15.6. The number of halogens is 6. The molecule has 2 aromatic carbocycles. The molecule has 1 atom stereocenters. The van der Waals surface area contributed by atoms with E-state index in [1.807, 2.05) is 0 Å². The molecule has 0 saturated heterocycles. The highest BCUT2D eigenvalue weighted by Crippen LogP contribution is 2.27. The molecule has 0 heterocycles. The Morgan fingerprint density at radius 1 is 1.00 bits per heavy atom. The van der Waals surface area contributed by atoms with Crippen molar-refractivity contribution in [3.8, 4) is 5.75 Å². The van der Waals surface area contributed by atoms with E-state index in [1.165, 1.54) is 24.3 Å². The van der Waals surface area contributed by atoms with Crippen LogP contribution in [0.2, 0.25) is 5.02 Å². The van der Waals surface area contributed by atoms with E-state index in [0.29, 0.717) is 11.1 Å². The quantitative estimate of drug-likeness (QED) is 0.799. The molecule has 0 aliphatic heterocycles. The zero-order valence-electron chi connectivity index (χ0n) is 10.9. The fourth-order valence-electron chi connectivity index (χ4n) is 1.82. The average Bonchev–Trinajstić information content (AvgIpc) is 2.35. The Labute approximate surface area is 135 Å². The zero-order valence-corrected chi connectivity index (χ0v) is 12.5. The molecule has 0 amide bonds. The first-order valence-electron chi connectivity index (χ1n) is 5.82. The molecular formula is C14H11Cl2F4NO. The Morgan fingerprint density at radius 2 is 1.59 bits per heavy atom. The van der Waals surface area contributed by atoms with Crippen molar-refractivity contribution in [1.82, 2.24) is 0 Å². The van der Waals surface area contributed by atoms with Crippen molar-refractivity contribution in [2.45, 2.75) is 12.4 Å². The van der Waals surface area contributed by atoms with Gasteiger partial charge in [0.25, 0.3) is 0 Å². The monoisotopic (exact) mass is 355 g/mol. The maximum atomic E-state index is 13.3. The van der Waals surface area contributed by atoms with Crippen LogP contribution in [0.25, 0.3) is 0 Å². The van der Waals surface area contributed by atoms with Gasteiger partial charge in [-0.15, -0.1) is 25.6 Å². The number of hydrogen-bond donors (Lipinski definition) is 1. The van der Waals surface area contributed by atoms with Crippen molar-refractivity contribution in [3.05, 3.63) is 64.4 Å². The second-order valence-corrected chi connectivity index (χ2v) is 4.73. The molecule has 2 nitrogen and oxygen atoms in total. The first-order valence-corrected chi connectivity index (χ1v) is 6.20. The Kier molecular flexibility index (Phi) is 6.05. The van der Waals surface area contributed by atoms with Crippen LogP contribution >= 0.6 is 24.0 Å². The highest BCUT2D eigenvalue weighted by Gasteiger charge is 2.31. The van der Waals surface area contributed by atoms with Gasteiger partial charge in [-0.05, 0) is 41.5 Å². The van der Waals surface area contributed by atoms with E-state index < -0.39 is 18.2 Å². The molecule has 0 spiro atoms. The molecule has 0 unspecified atom stereocenters. The van der Waals surface area contributed by atoms with Gasteiger partial charge in [-0.3, -0.25) is 0 Å². The number of benzene rings is 2. The van der Waals surface area contributed by atoms with Gasteiger partial charge in [0.15, 0.2) is 0 Å². The first kappa shape index (κ1) is 18.5. The molecule has 0 fully saturated rings. The van der Waals surface area contributed by atoms with Crippen molar-refractivity contribution >= 4 is 24.0 Å². The van der Waals surface area contributed by atoms with Gasteiger partial charge in [0.1, 0.15) is 11.6 Å². The third-order valence-corrected chi connectivity index (χ3v) is 2.94. The fraction of sp³-hybridized carbons (Fsp3) is 0.143. The predicted octanol–water partition coefficient (Wildman–Crippen LogP) is 4.85. The summed E-state index contributed by atoms with van der Waals surface area (Å²) in [6.45, 7) is 0. The first-order chi connectivity index (χ1) is 9.74. The fourth-order valence-corrected chi connectivity index (χ4v) is 2.05. The molecule has 0 radical (unpaired) electrons. The van der Waals surface area contributed by atoms with E-state index in [9.17, 15) is 17.6 Å². The van der Waals surface area contributed by atoms with Crippen LogP contribution in [0.15, 0.2) is 42.5 Å². The van der Waals surface area contributed by atoms with Crippen molar-refractivity contribution in [2.75, 3.05) is 0 Å². The molecule has 2 N–H and O–H groups in total. The average molecular weight is 356 g/mol. The van der Waals surface area contributed by atoms with Crippen LogP contribution in [0.3, 0.4) is 0 Å². The van der Waals surface area contributed by atoms with Crippen molar-refractivity contribution < 1.29 is 22.3 Å². The van der Waals surface area contributed by atoms with Crippen LogP contribution in [0, 0.1) is 5.82 Å². The lowest BCUT2D eigenvalue weighted by molar-refractivity contribution is -0.274.